The van der Waals surface area contributed by atoms with Gasteiger partial charge in [-0.25, -0.2) is 0 Å². The molecule has 1 heteroatoms. The van der Waals surface area contributed by atoms with Crippen molar-refractivity contribution in [3.8, 4) is 44.9 Å². The third-order valence-electron chi connectivity index (χ3n) is 9.16. The highest BCUT2D eigenvalue weighted by atomic mass is 16.5. The molecule has 0 radical (unpaired) electrons. The second-order valence-corrected chi connectivity index (χ2v) is 11.2. The van der Waals surface area contributed by atoms with Crippen LogP contribution >= 0.6 is 0 Å². The lowest BCUT2D eigenvalue weighted by molar-refractivity contribution is 0.487. The molecule has 1 aliphatic carbocycles. The lowest BCUT2D eigenvalue weighted by atomic mass is 9.65. The highest BCUT2D eigenvalue weighted by Crippen LogP contribution is 2.59. The summed E-state index contributed by atoms with van der Waals surface area (Å²) in [6, 6.07) is 57.3. The summed E-state index contributed by atoms with van der Waals surface area (Å²) in [5, 5.41) is 2.36. The van der Waals surface area contributed by atoms with Gasteiger partial charge >= 0.3 is 0 Å². The fourth-order valence-electron chi connectivity index (χ4n) is 7.54. The van der Waals surface area contributed by atoms with Crippen molar-refractivity contribution in [2.24, 2.45) is 0 Å². The van der Waals surface area contributed by atoms with E-state index in [-0.39, 0.29) is 0 Å². The number of fused-ring (bicyclic) bond motifs is 5. The van der Waals surface area contributed by atoms with Crippen LogP contribution in [0.25, 0.3) is 44.2 Å². The van der Waals surface area contributed by atoms with Gasteiger partial charge in [0.25, 0.3) is 0 Å². The van der Waals surface area contributed by atoms with Crippen molar-refractivity contribution in [3.63, 3.8) is 0 Å². The van der Waals surface area contributed by atoms with Gasteiger partial charge in [0.1, 0.15) is 11.5 Å². The van der Waals surface area contributed by atoms with Crippen molar-refractivity contribution in [1.29, 1.82) is 0 Å². The van der Waals surface area contributed by atoms with Crippen molar-refractivity contribution < 1.29 is 4.74 Å². The van der Waals surface area contributed by atoms with Gasteiger partial charge in [0.05, 0.1) is 5.41 Å². The Morgan fingerprint density at radius 2 is 0.881 bits per heavy atom. The molecule has 0 N–H and O–H groups in total. The Kier molecular flexibility index (Phi) is 4.88. The lowest BCUT2D eigenvalue weighted by Crippen LogP contribution is -2.29. The van der Waals surface area contributed by atoms with E-state index in [1.54, 1.807) is 0 Å². The Morgan fingerprint density at radius 3 is 1.55 bits per heavy atom. The Hall–Kier alpha value is -5.40. The summed E-state index contributed by atoms with van der Waals surface area (Å²) in [5.74, 6) is 1.81. The van der Waals surface area contributed by atoms with Crippen LogP contribution < -0.4 is 4.74 Å². The quantitative estimate of drug-likeness (QED) is 0.219. The zero-order valence-electron chi connectivity index (χ0n) is 22.9. The minimum absolute atomic E-state index is 0.475. The van der Waals surface area contributed by atoms with E-state index in [0.717, 1.165) is 17.1 Å². The molecule has 0 saturated heterocycles. The van der Waals surface area contributed by atoms with Gasteiger partial charge in [-0.15, -0.1) is 0 Å². The SMILES string of the molecule is c1ccc(C2(c3ccccc3-c3ccc4cccc5c4c3-c3ccccc3O5)c3ccccc3-c3ccccc32)cc1. The molecule has 0 amide bonds. The zero-order chi connectivity index (χ0) is 27.7. The fraction of sp³-hybridized carbons (Fsp3) is 0.0244. The Balaban J connectivity index is 1.44. The summed E-state index contributed by atoms with van der Waals surface area (Å²) in [6.07, 6.45) is 0. The highest BCUT2D eigenvalue weighted by molar-refractivity contribution is 6.10. The summed E-state index contributed by atoms with van der Waals surface area (Å²) in [5.41, 5.74) is 12.1. The van der Waals surface area contributed by atoms with E-state index in [4.69, 9.17) is 4.74 Å². The van der Waals surface area contributed by atoms with E-state index in [9.17, 15) is 0 Å². The molecule has 42 heavy (non-hydrogen) atoms. The highest BCUT2D eigenvalue weighted by Gasteiger charge is 2.47. The molecular weight excluding hydrogens is 508 g/mol. The molecule has 2 aliphatic rings. The van der Waals surface area contributed by atoms with Crippen molar-refractivity contribution in [3.05, 3.63) is 180 Å². The molecular formula is C41H26O. The maximum Gasteiger partial charge on any atom is 0.135 e. The summed E-state index contributed by atoms with van der Waals surface area (Å²) in [7, 11) is 0. The third-order valence-corrected chi connectivity index (χ3v) is 9.16. The van der Waals surface area contributed by atoms with E-state index < -0.39 is 5.41 Å². The largest absolute Gasteiger partial charge is 0.456 e. The van der Waals surface area contributed by atoms with Gasteiger partial charge in [-0.05, 0) is 62.0 Å². The number of hydrogen-bond acceptors (Lipinski definition) is 1. The Bertz CT molecular complexity index is 2130. The van der Waals surface area contributed by atoms with Crippen molar-refractivity contribution in [2.45, 2.75) is 5.41 Å². The molecule has 0 spiro atoms. The molecule has 0 saturated carbocycles. The van der Waals surface area contributed by atoms with E-state index in [0.29, 0.717) is 0 Å². The molecule has 1 nitrogen and oxygen atoms in total. The van der Waals surface area contributed by atoms with Crippen LogP contribution in [0.1, 0.15) is 22.3 Å². The van der Waals surface area contributed by atoms with E-state index in [2.05, 4.69) is 158 Å². The van der Waals surface area contributed by atoms with Crippen LogP contribution in [-0.2, 0) is 5.41 Å². The van der Waals surface area contributed by atoms with Gasteiger partial charge in [0.2, 0.25) is 0 Å². The predicted octanol–water partition coefficient (Wildman–Crippen LogP) is 10.6. The lowest BCUT2D eigenvalue weighted by Gasteiger charge is -2.36. The summed E-state index contributed by atoms with van der Waals surface area (Å²) in [4.78, 5) is 0. The summed E-state index contributed by atoms with van der Waals surface area (Å²) >= 11 is 0. The van der Waals surface area contributed by atoms with E-state index in [1.807, 2.05) is 0 Å². The molecule has 1 aliphatic heterocycles. The van der Waals surface area contributed by atoms with Crippen LogP contribution in [0.2, 0.25) is 0 Å². The topological polar surface area (TPSA) is 9.23 Å². The maximum atomic E-state index is 6.45. The molecule has 0 aromatic heterocycles. The first kappa shape index (κ1) is 23.3. The second kappa shape index (κ2) is 8.80. The van der Waals surface area contributed by atoms with Crippen molar-refractivity contribution in [2.75, 3.05) is 0 Å². The summed E-state index contributed by atoms with van der Waals surface area (Å²) in [6.45, 7) is 0. The standard InChI is InChI=1S/C41H26O/c1-2-14-28(15-3-1)41(34-20-8-4-16-29(34)30-17-5-9-21-35(30)41)36-22-10-6-18-31(36)32-26-25-27-13-12-24-38-39(27)40(32)33-19-7-11-23-37(33)42-38/h1-26H. The molecule has 7 aromatic carbocycles. The summed E-state index contributed by atoms with van der Waals surface area (Å²) < 4.78 is 6.45. The van der Waals surface area contributed by atoms with Crippen molar-refractivity contribution >= 4 is 10.8 Å². The van der Waals surface area contributed by atoms with Gasteiger partial charge in [0.15, 0.2) is 0 Å². The van der Waals surface area contributed by atoms with Crippen LogP contribution in [0.3, 0.4) is 0 Å². The molecule has 0 bridgehead atoms. The van der Waals surface area contributed by atoms with E-state index in [1.165, 1.54) is 60.8 Å². The smallest absolute Gasteiger partial charge is 0.135 e. The average molecular weight is 535 g/mol. The molecule has 1 heterocycles. The van der Waals surface area contributed by atoms with Crippen molar-refractivity contribution in [1.82, 2.24) is 0 Å². The predicted molar refractivity (Wildman–Crippen MR) is 172 cm³/mol. The first-order chi connectivity index (χ1) is 20.9. The van der Waals surface area contributed by atoms with Crippen LogP contribution in [0.4, 0.5) is 0 Å². The normalized spacial score (nSPS) is 13.6. The van der Waals surface area contributed by atoms with Gasteiger partial charge in [-0.3, -0.25) is 0 Å². The van der Waals surface area contributed by atoms with Crippen LogP contribution in [-0.4, -0.2) is 0 Å². The number of ether oxygens (including phenoxy) is 1. The molecule has 0 unspecified atom stereocenters. The molecule has 196 valence electrons. The van der Waals surface area contributed by atoms with Gasteiger partial charge in [-0.1, -0.05) is 146 Å². The number of rotatable bonds is 3. The molecule has 7 aromatic rings. The zero-order valence-corrected chi connectivity index (χ0v) is 22.9. The first-order valence-corrected chi connectivity index (χ1v) is 14.5. The molecule has 9 rings (SSSR count). The molecule has 0 fully saturated rings. The second-order valence-electron chi connectivity index (χ2n) is 11.2. The number of para-hydroxylation sites is 1. The van der Waals surface area contributed by atoms with Gasteiger partial charge in [0, 0.05) is 16.5 Å². The maximum absolute atomic E-state index is 6.45. The van der Waals surface area contributed by atoms with Crippen LogP contribution in [0.15, 0.2) is 158 Å². The Labute approximate surface area is 245 Å². The number of benzene rings is 7. The minimum Gasteiger partial charge on any atom is -0.456 e. The first-order valence-electron chi connectivity index (χ1n) is 14.5. The van der Waals surface area contributed by atoms with E-state index >= 15 is 0 Å². The Morgan fingerprint density at radius 1 is 0.357 bits per heavy atom. The third kappa shape index (κ3) is 3.03. The van der Waals surface area contributed by atoms with Gasteiger partial charge in [-0.2, -0.15) is 0 Å². The van der Waals surface area contributed by atoms with Crippen LogP contribution in [0, 0.1) is 0 Å². The fourth-order valence-corrected chi connectivity index (χ4v) is 7.54. The molecule has 0 atom stereocenters. The van der Waals surface area contributed by atoms with Crippen LogP contribution in [0.5, 0.6) is 11.5 Å². The van der Waals surface area contributed by atoms with Gasteiger partial charge < -0.3 is 4.74 Å². The number of hydrogen-bond donors (Lipinski definition) is 0. The minimum atomic E-state index is -0.475. The average Bonchev–Trinajstić information content (AvgIpc) is 3.36. The monoisotopic (exact) mass is 534 g/mol.